The summed E-state index contributed by atoms with van der Waals surface area (Å²) in [5.41, 5.74) is 0.821. The Hall–Kier alpha value is -1.79. The van der Waals surface area contributed by atoms with Gasteiger partial charge in [-0.15, -0.1) is 0 Å². The maximum Gasteiger partial charge on any atom is 0.339 e. The fraction of sp³-hybridized carbons (Fsp3) is 0.529. The quantitative estimate of drug-likeness (QED) is 0.821. The predicted molar refractivity (Wildman–Crippen MR) is 92.6 cm³/mol. The number of halogens is 1. The number of ether oxygens (including phenoxy) is 2. The minimum absolute atomic E-state index is 0.155. The van der Waals surface area contributed by atoms with Crippen LogP contribution in [0.5, 0.6) is 0 Å². The molecule has 1 aliphatic heterocycles. The van der Waals surface area contributed by atoms with Gasteiger partial charge in [0.05, 0.1) is 17.7 Å². The van der Waals surface area contributed by atoms with E-state index in [1.54, 1.807) is 25.3 Å². The van der Waals surface area contributed by atoms with Crippen molar-refractivity contribution >= 4 is 29.3 Å². The number of esters is 1. The van der Waals surface area contributed by atoms with E-state index >= 15 is 0 Å². The summed E-state index contributed by atoms with van der Waals surface area (Å²) in [5, 5.41) is 3.10. The van der Waals surface area contributed by atoms with Crippen molar-refractivity contribution in [1.82, 2.24) is 4.90 Å². The number of carbonyl (C=O) groups is 2. The largest absolute Gasteiger partial charge is 0.465 e. The van der Waals surface area contributed by atoms with Crippen LogP contribution in [0, 0.1) is 0 Å². The van der Waals surface area contributed by atoms with E-state index in [0.29, 0.717) is 12.3 Å². The minimum atomic E-state index is -0.506. The second kappa shape index (κ2) is 8.89. The van der Waals surface area contributed by atoms with Gasteiger partial charge in [0.25, 0.3) is 0 Å². The first-order chi connectivity index (χ1) is 11.6. The molecule has 1 atom stereocenters. The Labute approximate surface area is 147 Å². The van der Waals surface area contributed by atoms with Crippen LogP contribution < -0.4 is 5.32 Å². The van der Waals surface area contributed by atoms with Crippen molar-refractivity contribution in [2.45, 2.75) is 31.7 Å². The Balaban J connectivity index is 2.05. The molecule has 0 saturated carbocycles. The molecule has 1 saturated heterocycles. The Morgan fingerprint density at radius 3 is 2.79 bits per heavy atom. The summed E-state index contributed by atoms with van der Waals surface area (Å²) < 4.78 is 9.79. The number of nitrogens with one attached hydrogen (secondary N) is 1. The molecule has 0 aromatic heterocycles. The van der Waals surface area contributed by atoms with Crippen LogP contribution in [0.25, 0.3) is 0 Å². The van der Waals surface area contributed by atoms with E-state index in [0.717, 1.165) is 32.2 Å². The first-order valence-corrected chi connectivity index (χ1v) is 8.39. The average molecular weight is 355 g/mol. The van der Waals surface area contributed by atoms with Gasteiger partial charge in [-0.1, -0.05) is 11.6 Å². The number of likely N-dealkylation sites (tertiary alicyclic amines) is 1. The third-order valence-corrected chi connectivity index (χ3v) is 4.48. The molecule has 1 aromatic carbocycles. The summed E-state index contributed by atoms with van der Waals surface area (Å²) in [6.45, 7) is 1.36. The van der Waals surface area contributed by atoms with Crippen LogP contribution in [0.15, 0.2) is 18.2 Å². The van der Waals surface area contributed by atoms with Gasteiger partial charge in [0.2, 0.25) is 0 Å². The van der Waals surface area contributed by atoms with Crippen molar-refractivity contribution in [2.24, 2.45) is 0 Å². The summed E-state index contributed by atoms with van der Waals surface area (Å²) in [6.07, 6.45) is 3.93. The van der Waals surface area contributed by atoms with Gasteiger partial charge in [-0.3, -0.25) is 0 Å². The van der Waals surface area contributed by atoms with E-state index in [4.69, 9.17) is 16.3 Å². The first kappa shape index (κ1) is 18.5. The van der Waals surface area contributed by atoms with Gasteiger partial charge in [-0.25, -0.2) is 9.59 Å². The highest BCUT2D eigenvalue weighted by Gasteiger charge is 2.26. The number of amides is 2. The summed E-state index contributed by atoms with van der Waals surface area (Å²) >= 11 is 6.09. The maximum atomic E-state index is 12.6. The van der Waals surface area contributed by atoms with E-state index in [9.17, 15) is 9.59 Å². The zero-order chi connectivity index (χ0) is 17.5. The number of piperidine rings is 1. The van der Waals surface area contributed by atoms with Crippen LogP contribution in [0.2, 0.25) is 5.02 Å². The highest BCUT2D eigenvalue weighted by Crippen LogP contribution is 2.24. The van der Waals surface area contributed by atoms with Gasteiger partial charge in [-0.05, 0) is 43.9 Å². The number of urea groups is 1. The third kappa shape index (κ3) is 4.61. The Kier molecular flexibility index (Phi) is 6.87. The molecular weight excluding hydrogens is 332 g/mol. The standard InChI is InChI=1S/C17H23ClN2O4/c1-23-10-8-13-5-3-4-9-20(13)17(22)19-12-6-7-14(15(18)11-12)16(21)24-2/h6-7,11,13H,3-5,8-10H2,1-2H3,(H,19,22). The second-order valence-electron chi connectivity index (χ2n) is 5.74. The molecule has 1 aliphatic rings. The van der Waals surface area contributed by atoms with E-state index in [1.807, 2.05) is 4.90 Å². The van der Waals surface area contributed by atoms with Crippen molar-refractivity contribution in [2.75, 3.05) is 32.7 Å². The molecule has 132 valence electrons. The van der Waals surface area contributed by atoms with Crippen molar-refractivity contribution in [1.29, 1.82) is 0 Å². The number of hydrogen-bond acceptors (Lipinski definition) is 4. The van der Waals surface area contributed by atoms with Gasteiger partial charge >= 0.3 is 12.0 Å². The topological polar surface area (TPSA) is 67.9 Å². The van der Waals surface area contributed by atoms with E-state index in [2.05, 4.69) is 10.1 Å². The van der Waals surface area contributed by atoms with E-state index < -0.39 is 5.97 Å². The summed E-state index contributed by atoms with van der Waals surface area (Å²) in [6, 6.07) is 4.77. The number of nitrogens with zero attached hydrogens (tertiary/aromatic N) is 1. The number of hydrogen-bond donors (Lipinski definition) is 1. The van der Waals surface area contributed by atoms with Gasteiger partial charge in [0.15, 0.2) is 0 Å². The normalized spacial score (nSPS) is 17.5. The van der Waals surface area contributed by atoms with Crippen LogP contribution in [-0.4, -0.2) is 50.3 Å². The molecule has 1 fully saturated rings. The molecule has 7 heteroatoms. The van der Waals surface area contributed by atoms with Crippen LogP contribution in [0.4, 0.5) is 10.5 Å². The Morgan fingerprint density at radius 1 is 1.33 bits per heavy atom. The van der Waals surface area contributed by atoms with Gasteiger partial charge < -0.3 is 19.7 Å². The first-order valence-electron chi connectivity index (χ1n) is 8.01. The molecule has 2 amide bonds. The molecule has 1 unspecified atom stereocenters. The van der Waals surface area contributed by atoms with Gasteiger partial charge in [0, 0.05) is 32.0 Å². The number of anilines is 1. The summed E-state index contributed by atoms with van der Waals surface area (Å²) in [5.74, 6) is -0.506. The minimum Gasteiger partial charge on any atom is -0.465 e. The number of methoxy groups -OCH3 is 2. The zero-order valence-electron chi connectivity index (χ0n) is 14.0. The molecule has 1 heterocycles. The Morgan fingerprint density at radius 2 is 2.12 bits per heavy atom. The van der Waals surface area contributed by atoms with Gasteiger partial charge in [-0.2, -0.15) is 0 Å². The average Bonchev–Trinajstić information content (AvgIpc) is 2.59. The predicted octanol–water partition coefficient (Wildman–Crippen LogP) is 3.55. The fourth-order valence-corrected chi connectivity index (χ4v) is 3.14. The molecule has 1 aromatic rings. The van der Waals surface area contributed by atoms with Crippen molar-refractivity contribution in [3.8, 4) is 0 Å². The molecule has 0 radical (unpaired) electrons. The zero-order valence-corrected chi connectivity index (χ0v) is 14.8. The molecule has 24 heavy (non-hydrogen) atoms. The highest BCUT2D eigenvalue weighted by molar-refractivity contribution is 6.33. The number of rotatable bonds is 5. The molecule has 1 N–H and O–H groups in total. The molecule has 0 bridgehead atoms. The smallest absolute Gasteiger partial charge is 0.339 e. The van der Waals surface area contributed by atoms with Crippen LogP contribution >= 0.6 is 11.6 Å². The van der Waals surface area contributed by atoms with Crippen LogP contribution in [0.1, 0.15) is 36.0 Å². The maximum absolute atomic E-state index is 12.6. The number of carbonyl (C=O) groups excluding carboxylic acids is 2. The summed E-state index contributed by atoms with van der Waals surface area (Å²) in [4.78, 5) is 26.0. The molecule has 0 aliphatic carbocycles. The van der Waals surface area contributed by atoms with Crippen molar-refractivity contribution in [3.63, 3.8) is 0 Å². The molecule has 6 nitrogen and oxygen atoms in total. The fourth-order valence-electron chi connectivity index (χ4n) is 2.89. The molecular formula is C17H23ClN2O4. The lowest BCUT2D eigenvalue weighted by Crippen LogP contribution is -2.46. The second-order valence-corrected chi connectivity index (χ2v) is 6.15. The lowest BCUT2D eigenvalue weighted by molar-refractivity contribution is 0.0601. The lowest BCUT2D eigenvalue weighted by Gasteiger charge is -2.35. The van der Waals surface area contributed by atoms with E-state index in [-0.39, 0.29) is 22.7 Å². The van der Waals surface area contributed by atoms with Crippen LogP contribution in [0.3, 0.4) is 0 Å². The van der Waals surface area contributed by atoms with Crippen molar-refractivity contribution in [3.05, 3.63) is 28.8 Å². The third-order valence-electron chi connectivity index (χ3n) is 4.17. The van der Waals surface area contributed by atoms with Gasteiger partial charge in [0.1, 0.15) is 0 Å². The van der Waals surface area contributed by atoms with Crippen LogP contribution in [-0.2, 0) is 9.47 Å². The molecule has 0 spiro atoms. The number of benzene rings is 1. The lowest BCUT2D eigenvalue weighted by atomic mass is 10.00. The monoisotopic (exact) mass is 354 g/mol. The molecule has 2 rings (SSSR count). The highest BCUT2D eigenvalue weighted by atomic mass is 35.5. The van der Waals surface area contributed by atoms with Crippen molar-refractivity contribution < 1.29 is 19.1 Å². The summed E-state index contributed by atoms with van der Waals surface area (Å²) in [7, 11) is 2.96. The SMILES string of the molecule is COCCC1CCCCN1C(=O)Nc1ccc(C(=O)OC)c(Cl)c1. The Bertz CT molecular complexity index is 594. The van der Waals surface area contributed by atoms with E-state index in [1.165, 1.54) is 7.11 Å².